The minimum atomic E-state index is -4.27. The van der Waals surface area contributed by atoms with Crippen LogP contribution in [0.1, 0.15) is 58.2 Å². The highest BCUT2D eigenvalue weighted by molar-refractivity contribution is 7.97. The van der Waals surface area contributed by atoms with Gasteiger partial charge in [-0.2, -0.15) is 0 Å². The number of hydrogen-bond acceptors (Lipinski definition) is 3. The number of benzene rings is 4. The standard InChI is InChI=1S/C26H31S.C7H8O3S/c1-25(2,3)20-12-16-23(17-13-20)27(22-10-8-7-9-11-22)24-18-14-21(15-19-24)26(4,5)6;1-6-2-4-7(5-3-6)11(8,9)10/h7-19H,1-6H3;2-5H,1H3,(H,8,9,10)/q+1;/p-1. The summed E-state index contributed by atoms with van der Waals surface area (Å²) in [5.74, 6) is 0. The van der Waals surface area contributed by atoms with E-state index in [1.807, 2.05) is 6.92 Å². The molecule has 0 heterocycles. The summed E-state index contributed by atoms with van der Waals surface area (Å²) < 4.78 is 31.2. The molecule has 0 fully saturated rings. The third kappa shape index (κ3) is 8.07. The van der Waals surface area contributed by atoms with Crippen LogP contribution in [0.5, 0.6) is 0 Å². The summed E-state index contributed by atoms with van der Waals surface area (Å²) in [5, 5.41) is 0. The first kappa shape index (κ1) is 29.7. The molecular formula is C33H38O3S2. The minimum absolute atomic E-state index is 0.0847. The molecule has 0 spiro atoms. The molecule has 4 rings (SSSR count). The van der Waals surface area contributed by atoms with Gasteiger partial charge in [0.25, 0.3) is 0 Å². The maximum absolute atomic E-state index is 10.4. The van der Waals surface area contributed by atoms with E-state index in [0.29, 0.717) is 0 Å². The summed E-state index contributed by atoms with van der Waals surface area (Å²) in [6.45, 7) is 15.4. The van der Waals surface area contributed by atoms with Gasteiger partial charge in [0.2, 0.25) is 0 Å². The normalized spacial score (nSPS) is 12.1. The molecule has 0 aliphatic carbocycles. The molecule has 4 aromatic carbocycles. The maximum Gasteiger partial charge on any atom is 0.166 e. The lowest BCUT2D eigenvalue weighted by Crippen LogP contribution is -2.12. The van der Waals surface area contributed by atoms with E-state index in [-0.39, 0.29) is 26.6 Å². The lowest BCUT2D eigenvalue weighted by atomic mass is 9.87. The van der Waals surface area contributed by atoms with Gasteiger partial charge in [-0.1, -0.05) is 102 Å². The zero-order valence-corrected chi connectivity index (χ0v) is 25.0. The van der Waals surface area contributed by atoms with Crippen molar-refractivity contribution in [3.8, 4) is 0 Å². The van der Waals surface area contributed by atoms with E-state index >= 15 is 0 Å². The first-order chi connectivity index (χ1) is 17.7. The van der Waals surface area contributed by atoms with Gasteiger partial charge in [-0.05, 0) is 77.4 Å². The fourth-order valence-corrected chi connectivity index (χ4v) is 6.38. The molecule has 3 nitrogen and oxygen atoms in total. The molecule has 4 aromatic rings. The SMILES string of the molecule is CC(C)(C)c1ccc([S+](c2ccccc2)c2ccc(C(C)(C)C)cc2)cc1.Cc1ccc(S(=O)(=O)[O-])cc1. The molecule has 0 atom stereocenters. The zero-order chi connectivity index (χ0) is 28.1. The predicted molar refractivity (Wildman–Crippen MR) is 158 cm³/mol. The Morgan fingerprint density at radius 3 is 1.26 bits per heavy atom. The van der Waals surface area contributed by atoms with Crippen LogP contribution >= 0.6 is 0 Å². The molecule has 0 saturated carbocycles. The molecule has 0 aliphatic rings. The van der Waals surface area contributed by atoms with Crippen molar-refractivity contribution in [2.45, 2.75) is 78.9 Å². The smallest absolute Gasteiger partial charge is 0.166 e. The molecule has 0 unspecified atom stereocenters. The van der Waals surface area contributed by atoms with E-state index in [0.717, 1.165) is 5.56 Å². The van der Waals surface area contributed by atoms with Crippen LogP contribution < -0.4 is 0 Å². The monoisotopic (exact) mass is 546 g/mol. The Bertz CT molecular complexity index is 1350. The summed E-state index contributed by atoms with van der Waals surface area (Å²) in [4.78, 5) is 3.93. The Hall–Kier alpha value is -2.86. The highest BCUT2D eigenvalue weighted by atomic mass is 32.2. The van der Waals surface area contributed by atoms with Crippen LogP contribution in [0.4, 0.5) is 0 Å². The molecular weight excluding hydrogens is 508 g/mol. The van der Waals surface area contributed by atoms with Crippen molar-refractivity contribution < 1.29 is 13.0 Å². The van der Waals surface area contributed by atoms with Crippen LogP contribution in [0.15, 0.2) is 123 Å². The number of rotatable bonds is 4. The van der Waals surface area contributed by atoms with Gasteiger partial charge < -0.3 is 4.55 Å². The summed E-state index contributed by atoms with van der Waals surface area (Å²) in [6, 6.07) is 35.1. The highest BCUT2D eigenvalue weighted by Gasteiger charge is 2.29. The van der Waals surface area contributed by atoms with Crippen molar-refractivity contribution in [2.24, 2.45) is 0 Å². The first-order valence-corrected chi connectivity index (χ1v) is 15.3. The van der Waals surface area contributed by atoms with Crippen molar-refractivity contribution >= 4 is 21.0 Å². The summed E-state index contributed by atoms with van der Waals surface area (Å²) in [7, 11) is -4.35. The zero-order valence-electron chi connectivity index (χ0n) is 23.4. The Balaban J connectivity index is 0.000000304. The van der Waals surface area contributed by atoms with E-state index < -0.39 is 10.1 Å². The van der Waals surface area contributed by atoms with Gasteiger partial charge in [-0.15, -0.1) is 0 Å². The van der Waals surface area contributed by atoms with Crippen LogP contribution in [-0.4, -0.2) is 13.0 Å². The van der Waals surface area contributed by atoms with Crippen LogP contribution in [0.3, 0.4) is 0 Å². The molecule has 38 heavy (non-hydrogen) atoms. The molecule has 0 radical (unpaired) electrons. The Morgan fingerprint density at radius 1 is 0.553 bits per heavy atom. The molecule has 200 valence electrons. The van der Waals surface area contributed by atoms with Crippen molar-refractivity contribution in [2.75, 3.05) is 0 Å². The van der Waals surface area contributed by atoms with Gasteiger partial charge in [0, 0.05) is 0 Å². The van der Waals surface area contributed by atoms with Crippen LogP contribution in [-0.2, 0) is 31.8 Å². The Kier molecular flexibility index (Phi) is 9.30. The van der Waals surface area contributed by atoms with E-state index in [1.165, 1.54) is 37.9 Å². The molecule has 0 aliphatic heterocycles. The van der Waals surface area contributed by atoms with Crippen molar-refractivity contribution in [3.63, 3.8) is 0 Å². The quantitative estimate of drug-likeness (QED) is 0.191. The predicted octanol–water partition coefficient (Wildman–Crippen LogP) is 8.28. The third-order valence-electron chi connectivity index (χ3n) is 6.20. The molecule has 0 bridgehead atoms. The van der Waals surface area contributed by atoms with Gasteiger partial charge in [0.1, 0.15) is 10.1 Å². The summed E-state index contributed by atoms with van der Waals surface area (Å²) in [6.07, 6.45) is 0. The largest absolute Gasteiger partial charge is 0.744 e. The second-order valence-corrected chi connectivity index (χ2v) is 14.8. The molecule has 0 saturated heterocycles. The van der Waals surface area contributed by atoms with Crippen LogP contribution in [0.2, 0.25) is 0 Å². The maximum atomic E-state index is 10.4. The van der Waals surface area contributed by atoms with Crippen molar-refractivity contribution in [1.82, 2.24) is 0 Å². The van der Waals surface area contributed by atoms with Crippen LogP contribution in [0, 0.1) is 6.92 Å². The van der Waals surface area contributed by atoms with E-state index in [4.69, 9.17) is 0 Å². The average Bonchev–Trinajstić information content (AvgIpc) is 2.85. The van der Waals surface area contributed by atoms with Crippen LogP contribution in [0.25, 0.3) is 0 Å². The summed E-state index contributed by atoms with van der Waals surface area (Å²) >= 11 is 0. The second kappa shape index (κ2) is 11.9. The molecule has 0 aromatic heterocycles. The van der Waals surface area contributed by atoms with Gasteiger partial charge in [-0.3, -0.25) is 0 Å². The Morgan fingerprint density at radius 2 is 0.921 bits per heavy atom. The van der Waals surface area contributed by atoms with Gasteiger partial charge in [-0.25, -0.2) is 8.42 Å². The minimum Gasteiger partial charge on any atom is -0.744 e. The fourth-order valence-electron chi connectivity index (χ4n) is 3.85. The van der Waals surface area contributed by atoms with E-state index in [2.05, 4.69) is 120 Å². The fraction of sp³-hybridized carbons (Fsp3) is 0.273. The lowest BCUT2D eigenvalue weighted by molar-refractivity contribution is 0.463. The van der Waals surface area contributed by atoms with Gasteiger partial charge >= 0.3 is 0 Å². The number of hydrogen-bond donors (Lipinski definition) is 0. The van der Waals surface area contributed by atoms with E-state index in [9.17, 15) is 13.0 Å². The van der Waals surface area contributed by atoms with Gasteiger partial charge in [0.15, 0.2) is 14.7 Å². The second-order valence-electron chi connectivity index (χ2n) is 11.4. The lowest BCUT2D eigenvalue weighted by Gasteiger charge is -2.20. The summed E-state index contributed by atoms with van der Waals surface area (Å²) in [5.41, 5.74) is 4.05. The number of aryl methyl sites for hydroxylation is 1. The van der Waals surface area contributed by atoms with E-state index in [1.54, 1.807) is 12.1 Å². The highest BCUT2D eigenvalue weighted by Crippen LogP contribution is 2.34. The van der Waals surface area contributed by atoms with Gasteiger partial charge in [0.05, 0.1) is 15.8 Å². The molecule has 0 N–H and O–H groups in total. The average molecular weight is 547 g/mol. The van der Waals surface area contributed by atoms with Crippen molar-refractivity contribution in [3.05, 3.63) is 120 Å². The topological polar surface area (TPSA) is 57.2 Å². The Labute approximate surface area is 232 Å². The van der Waals surface area contributed by atoms with Crippen molar-refractivity contribution in [1.29, 1.82) is 0 Å². The first-order valence-electron chi connectivity index (χ1n) is 12.7. The molecule has 0 amide bonds. The molecule has 5 heteroatoms. The third-order valence-corrected chi connectivity index (χ3v) is 9.28.